The Morgan fingerprint density at radius 3 is 2.60 bits per heavy atom. The summed E-state index contributed by atoms with van der Waals surface area (Å²) in [5.74, 6) is 1.43. The van der Waals surface area contributed by atoms with E-state index in [0.29, 0.717) is 17.3 Å². The number of hydrogen-bond donors (Lipinski definition) is 1. The molecule has 5 heteroatoms. The van der Waals surface area contributed by atoms with E-state index in [2.05, 4.69) is 24.0 Å². The van der Waals surface area contributed by atoms with E-state index in [4.69, 9.17) is 17.0 Å². The summed E-state index contributed by atoms with van der Waals surface area (Å²) in [6, 6.07) is 0. The summed E-state index contributed by atoms with van der Waals surface area (Å²) in [5.41, 5.74) is 0. The highest BCUT2D eigenvalue weighted by molar-refractivity contribution is 7.71. The lowest BCUT2D eigenvalue weighted by Crippen LogP contribution is -2.12. The fraction of sp³-hybridized carbons (Fsp3) is 0.800. The molecule has 86 valence electrons. The molecule has 0 amide bonds. The standard InChI is InChI=1S/C10H19N3OS/c1-7(2)5-13-9(6-14-8(3)4)11-12-10(13)15/h7-8H,5-6H2,1-4H3,(H,12,15). The molecule has 1 N–H and O–H groups in total. The van der Waals surface area contributed by atoms with Crippen LogP contribution in [0.3, 0.4) is 0 Å². The molecule has 0 spiro atoms. The fourth-order valence-electron chi connectivity index (χ4n) is 1.26. The van der Waals surface area contributed by atoms with Gasteiger partial charge in [-0.15, -0.1) is 0 Å². The number of hydrogen-bond acceptors (Lipinski definition) is 3. The third-order valence-corrected chi connectivity index (χ3v) is 2.24. The summed E-state index contributed by atoms with van der Waals surface area (Å²) < 4.78 is 8.19. The van der Waals surface area contributed by atoms with Gasteiger partial charge in [-0.25, -0.2) is 0 Å². The number of rotatable bonds is 5. The molecular formula is C10H19N3OS. The summed E-state index contributed by atoms with van der Waals surface area (Å²) in [7, 11) is 0. The molecule has 4 nitrogen and oxygen atoms in total. The van der Waals surface area contributed by atoms with Crippen LogP contribution in [0.25, 0.3) is 0 Å². The Labute approximate surface area is 95.7 Å². The van der Waals surface area contributed by atoms with Gasteiger partial charge in [0, 0.05) is 6.54 Å². The molecule has 1 aromatic heterocycles. The van der Waals surface area contributed by atoms with E-state index >= 15 is 0 Å². The van der Waals surface area contributed by atoms with E-state index in [-0.39, 0.29) is 6.10 Å². The van der Waals surface area contributed by atoms with Gasteiger partial charge >= 0.3 is 0 Å². The highest BCUT2D eigenvalue weighted by Gasteiger charge is 2.08. The molecule has 0 aliphatic rings. The molecule has 1 aromatic rings. The maximum Gasteiger partial charge on any atom is 0.195 e. The van der Waals surface area contributed by atoms with E-state index in [1.54, 1.807) is 0 Å². The largest absolute Gasteiger partial charge is 0.371 e. The van der Waals surface area contributed by atoms with Crippen LogP contribution in [0.1, 0.15) is 33.5 Å². The van der Waals surface area contributed by atoms with Crippen LogP contribution < -0.4 is 0 Å². The van der Waals surface area contributed by atoms with E-state index in [9.17, 15) is 0 Å². The Morgan fingerprint density at radius 1 is 1.40 bits per heavy atom. The Bertz CT molecular complexity index is 354. The lowest BCUT2D eigenvalue weighted by atomic mass is 10.2. The molecule has 0 atom stereocenters. The number of nitrogens with zero attached hydrogens (tertiary/aromatic N) is 2. The lowest BCUT2D eigenvalue weighted by Gasteiger charge is -2.10. The fourth-order valence-corrected chi connectivity index (χ4v) is 1.48. The molecule has 0 radical (unpaired) electrons. The first-order valence-corrected chi connectivity index (χ1v) is 5.67. The Balaban J connectivity index is 2.75. The average Bonchev–Trinajstić information content (AvgIpc) is 2.44. The summed E-state index contributed by atoms with van der Waals surface area (Å²) in [5, 5.41) is 6.96. The van der Waals surface area contributed by atoms with Crippen molar-refractivity contribution < 1.29 is 4.74 Å². The first kappa shape index (κ1) is 12.4. The average molecular weight is 229 g/mol. The number of ether oxygens (including phenoxy) is 1. The Kier molecular flexibility index (Phi) is 4.47. The maximum absolute atomic E-state index is 5.51. The smallest absolute Gasteiger partial charge is 0.195 e. The monoisotopic (exact) mass is 229 g/mol. The van der Waals surface area contributed by atoms with Gasteiger partial charge in [0.05, 0.1) is 6.10 Å². The van der Waals surface area contributed by atoms with E-state index in [1.807, 2.05) is 18.4 Å². The third kappa shape index (κ3) is 3.76. The van der Waals surface area contributed by atoms with Crippen LogP contribution in [0.5, 0.6) is 0 Å². The predicted octanol–water partition coefficient (Wildman–Crippen LogP) is 2.52. The van der Waals surface area contributed by atoms with Crippen molar-refractivity contribution in [3.05, 3.63) is 10.6 Å². The molecule has 0 unspecified atom stereocenters. The van der Waals surface area contributed by atoms with Crippen molar-refractivity contribution in [2.75, 3.05) is 0 Å². The summed E-state index contributed by atoms with van der Waals surface area (Å²) >= 11 is 5.16. The van der Waals surface area contributed by atoms with Gasteiger partial charge < -0.3 is 9.30 Å². The van der Waals surface area contributed by atoms with Crippen molar-refractivity contribution >= 4 is 12.2 Å². The lowest BCUT2D eigenvalue weighted by molar-refractivity contribution is 0.0589. The Hall–Kier alpha value is -0.680. The van der Waals surface area contributed by atoms with Gasteiger partial charge in [0.15, 0.2) is 10.6 Å². The first-order chi connectivity index (χ1) is 7.00. The van der Waals surface area contributed by atoms with Gasteiger partial charge in [-0.3, -0.25) is 5.10 Å². The van der Waals surface area contributed by atoms with Gasteiger partial charge in [-0.2, -0.15) is 5.10 Å². The number of nitrogens with one attached hydrogen (secondary N) is 1. The van der Waals surface area contributed by atoms with Crippen molar-refractivity contribution in [2.24, 2.45) is 5.92 Å². The number of aromatic nitrogens is 3. The molecule has 0 saturated heterocycles. The first-order valence-electron chi connectivity index (χ1n) is 5.26. The van der Waals surface area contributed by atoms with E-state index in [0.717, 1.165) is 12.4 Å². The zero-order chi connectivity index (χ0) is 11.4. The molecule has 1 rings (SSSR count). The highest BCUT2D eigenvalue weighted by Crippen LogP contribution is 2.06. The number of H-pyrrole nitrogens is 1. The van der Waals surface area contributed by atoms with Crippen molar-refractivity contribution in [2.45, 2.75) is 47.0 Å². The van der Waals surface area contributed by atoms with Crippen molar-refractivity contribution in [1.82, 2.24) is 14.8 Å². The maximum atomic E-state index is 5.51. The van der Waals surface area contributed by atoms with Gasteiger partial charge in [-0.1, -0.05) is 13.8 Å². The van der Waals surface area contributed by atoms with Gasteiger partial charge in [0.25, 0.3) is 0 Å². The quantitative estimate of drug-likeness (QED) is 0.789. The van der Waals surface area contributed by atoms with Crippen LogP contribution in [0.15, 0.2) is 0 Å². The predicted molar refractivity (Wildman–Crippen MR) is 62.2 cm³/mol. The second-order valence-corrected chi connectivity index (χ2v) is 4.70. The third-order valence-electron chi connectivity index (χ3n) is 1.93. The topological polar surface area (TPSA) is 42.8 Å². The molecular weight excluding hydrogens is 210 g/mol. The van der Waals surface area contributed by atoms with Gasteiger partial charge in [0.2, 0.25) is 0 Å². The van der Waals surface area contributed by atoms with Crippen LogP contribution in [0.4, 0.5) is 0 Å². The molecule has 1 heterocycles. The zero-order valence-corrected chi connectivity index (χ0v) is 10.6. The molecule has 0 aromatic carbocycles. The molecule has 0 fully saturated rings. The van der Waals surface area contributed by atoms with E-state index < -0.39 is 0 Å². The molecule has 0 bridgehead atoms. The zero-order valence-electron chi connectivity index (χ0n) is 9.78. The van der Waals surface area contributed by atoms with Crippen molar-refractivity contribution in [3.63, 3.8) is 0 Å². The van der Waals surface area contributed by atoms with Crippen LogP contribution in [0, 0.1) is 10.7 Å². The minimum atomic E-state index is 0.211. The highest BCUT2D eigenvalue weighted by atomic mass is 32.1. The van der Waals surface area contributed by atoms with Gasteiger partial charge in [0.1, 0.15) is 6.61 Å². The van der Waals surface area contributed by atoms with Crippen LogP contribution in [-0.2, 0) is 17.9 Å². The molecule has 0 saturated carbocycles. The van der Waals surface area contributed by atoms with E-state index in [1.165, 1.54) is 0 Å². The van der Waals surface area contributed by atoms with Crippen LogP contribution in [-0.4, -0.2) is 20.9 Å². The van der Waals surface area contributed by atoms with Crippen LogP contribution >= 0.6 is 12.2 Å². The minimum Gasteiger partial charge on any atom is -0.371 e. The van der Waals surface area contributed by atoms with Gasteiger partial charge in [-0.05, 0) is 32.0 Å². The molecule has 0 aliphatic heterocycles. The van der Waals surface area contributed by atoms with Crippen LogP contribution in [0.2, 0.25) is 0 Å². The number of aromatic amines is 1. The molecule has 15 heavy (non-hydrogen) atoms. The SMILES string of the molecule is CC(C)Cn1c(COC(C)C)n[nH]c1=S. The summed E-state index contributed by atoms with van der Waals surface area (Å²) in [6.07, 6.45) is 0.211. The minimum absolute atomic E-state index is 0.211. The molecule has 0 aliphatic carbocycles. The summed E-state index contributed by atoms with van der Waals surface area (Å²) in [6.45, 7) is 9.72. The van der Waals surface area contributed by atoms with Crippen molar-refractivity contribution in [1.29, 1.82) is 0 Å². The second-order valence-electron chi connectivity index (χ2n) is 4.31. The van der Waals surface area contributed by atoms with Crippen molar-refractivity contribution in [3.8, 4) is 0 Å². The second kappa shape index (κ2) is 5.42. The Morgan fingerprint density at radius 2 is 2.07 bits per heavy atom. The summed E-state index contributed by atoms with van der Waals surface area (Å²) in [4.78, 5) is 0. The normalized spacial score (nSPS) is 11.6.